The summed E-state index contributed by atoms with van der Waals surface area (Å²) in [6, 6.07) is 27.6. The molecule has 10 heteroatoms. The summed E-state index contributed by atoms with van der Waals surface area (Å²) >= 11 is 6.32. The Hall–Kier alpha value is -5.28. The van der Waals surface area contributed by atoms with Crippen molar-refractivity contribution in [1.82, 2.24) is 5.01 Å². The number of imide groups is 2. The highest BCUT2D eigenvalue weighted by molar-refractivity contribution is 6.30. The van der Waals surface area contributed by atoms with Crippen molar-refractivity contribution in [2.45, 2.75) is 24.2 Å². The number of aromatic hydroxyl groups is 1. The normalized spacial score (nSPS) is 27.8. The number of amides is 4. The Kier molecular flexibility index (Phi) is 7.00. The highest BCUT2D eigenvalue weighted by atomic mass is 35.5. The van der Waals surface area contributed by atoms with Crippen LogP contribution in [0.1, 0.15) is 29.9 Å². The van der Waals surface area contributed by atoms with Crippen LogP contribution in [0.15, 0.2) is 115 Å². The molecule has 8 rings (SSSR count). The van der Waals surface area contributed by atoms with Crippen LogP contribution in [0.3, 0.4) is 0 Å². The number of para-hydroxylation sites is 2. The van der Waals surface area contributed by atoms with E-state index in [4.69, 9.17) is 11.6 Å². The van der Waals surface area contributed by atoms with Gasteiger partial charge in [0.15, 0.2) is 0 Å². The second kappa shape index (κ2) is 11.2. The third kappa shape index (κ3) is 4.27. The summed E-state index contributed by atoms with van der Waals surface area (Å²) in [7, 11) is 0. The molecular formula is C38H29ClFN3O5. The Morgan fingerprint density at radius 3 is 2.19 bits per heavy atom. The number of carbonyl (C=O) groups is 4. The molecule has 6 atom stereocenters. The molecule has 4 aromatic carbocycles. The van der Waals surface area contributed by atoms with Crippen molar-refractivity contribution in [2.75, 3.05) is 10.3 Å². The predicted molar refractivity (Wildman–Crippen MR) is 176 cm³/mol. The number of benzene rings is 4. The Bertz CT molecular complexity index is 2020. The number of rotatable bonds is 5. The van der Waals surface area contributed by atoms with Crippen molar-refractivity contribution in [2.24, 2.45) is 23.7 Å². The summed E-state index contributed by atoms with van der Waals surface area (Å²) in [5.41, 5.74) is 3.84. The Balaban J connectivity index is 1.33. The average Bonchev–Trinajstić information content (AvgIpc) is 3.47. The van der Waals surface area contributed by atoms with Gasteiger partial charge < -0.3 is 5.11 Å². The number of halogens is 2. The summed E-state index contributed by atoms with van der Waals surface area (Å²) in [6.07, 6.45) is 2.30. The van der Waals surface area contributed by atoms with Gasteiger partial charge in [0.2, 0.25) is 11.8 Å². The van der Waals surface area contributed by atoms with E-state index in [0.717, 1.165) is 10.6 Å². The van der Waals surface area contributed by atoms with Crippen LogP contribution in [-0.2, 0) is 24.6 Å². The first kappa shape index (κ1) is 30.1. The molecule has 6 unspecified atom stereocenters. The van der Waals surface area contributed by atoms with E-state index >= 15 is 4.79 Å². The first-order valence-corrected chi connectivity index (χ1v) is 16.2. The first-order chi connectivity index (χ1) is 23.2. The van der Waals surface area contributed by atoms with Crippen molar-refractivity contribution in [3.63, 3.8) is 0 Å². The van der Waals surface area contributed by atoms with Crippen LogP contribution in [-0.4, -0.2) is 33.7 Å². The number of hydrazine groups is 1. The maximum absolute atomic E-state index is 15.1. The minimum absolute atomic E-state index is 0.0665. The molecule has 0 radical (unpaired) electrons. The number of allylic oxidation sites excluding steroid dienone is 2. The van der Waals surface area contributed by atoms with Crippen molar-refractivity contribution < 1.29 is 28.7 Å². The van der Waals surface area contributed by atoms with Gasteiger partial charge in [-0.05, 0) is 78.9 Å². The number of fused-ring (bicyclic) bond motifs is 4. The van der Waals surface area contributed by atoms with E-state index in [2.05, 4.69) is 5.43 Å². The first-order valence-electron chi connectivity index (χ1n) is 15.8. The largest absolute Gasteiger partial charge is 0.508 e. The van der Waals surface area contributed by atoms with Crippen LogP contribution in [0.2, 0.25) is 5.02 Å². The van der Waals surface area contributed by atoms with Crippen LogP contribution in [0.25, 0.3) is 0 Å². The quantitative estimate of drug-likeness (QED) is 0.190. The molecule has 1 saturated carbocycles. The molecule has 0 spiro atoms. The highest BCUT2D eigenvalue weighted by Crippen LogP contribution is 2.65. The smallest absolute Gasteiger partial charge is 0.260 e. The molecule has 48 heavy (non-hydrogen) atoms. The lowest BCUT2D eigenvalue weighted by Crippen LogP contribution is -2.53. The van der Waals surface area contributed by atoms with Gasteiger partial charge in [-0.15, -0.1) is 0 Å². The van der Waals surface area contributed by atoms with Crippen molar-refractivity contribution in [3.05, 3.63) is 137 Å². The van der Waals surface area contributed by atoms with Gasteiger partial charge in [0.05, 0.1) is 34.5 Å². The summed E-state index contributed by atoms with van der Waals surface area (Å²) in [5, 5.41) is 12.8. The van der Waals surface area contributed by atoms with E-state index in [1.165, 1.54) is 35.2 Å². The number of nitrogens with zero attached hydrogens (tertiary/aromatic N) is 2. The van der Waals surface area contributed by atoms with E-state index in [0.29, 0.717) is 27.5 Å². The number of hydrogen-bond donors (Lipinski definition) is 2. The van der Waals surface area contributed by atoms with E-state index in [-0.39, 0.29) is 30.4 Å². The SMILES string of the molecule is O=C1C2CC3C(=CCC4C(=O)N(c5ccccc5)C(=O)C43)C(c3ccccc3O)C2(c2ccc(Cl)cc2)C(=O)N1Nc1ccc(F)cc1. The number of nitrogens with one attached hydrogen (secondary N) is 1. The number of phenols is 1. The van der Waals surface area contributed by atoms with E-state index in [1.54, 1.807) is 66.7 Å². The van der Waals surface area contributed by atoms with Gasteiger partial charge in [-0.1, -0.05) is 71.8 Å². The average molecular weight is 662 g/mol. The second-order valence-corrected chi connectivity index (χ2v) is 13.2. The van der Waals surface area contributed by atoms with Gasteiger partial charge in [0.25, 0.3) is 11.8 Å². The minimum Gasteiger partial charge on any atom is -0.508 e. The summed E-state index contributed by atoms with van der Waals surface area (Å²) in [6.45, 7) is 0. The maximum atomic E-state index is 15.1. The Labute approximate surface area is 280 Å². The number of carbonyl (C=O) groups excluding carboxylic acids is 4. The maximum Gasteiger partial charge on any atom is 0.260 e. The standard InChI is InChI=1S/C38H29ClFN3O5/c39-22-12-10-21(11-13-22)38-30(35(46)43(37(38)48)41-24-16-14-23(40)15-17-24)20-29-26(33(38)27-8-4-5-9-31(27)44)18-19-28-32(29)36(47)42(34(28)45)25-6-2-1-3-7-25/h1-18,28-30,32-33,41,44H,19-20H2. The summed E-state index contributed by atoms with van der Waals surface area (Å²) < 4.78 is 13.8. The van der Waals surface area contributed by atoms with Crippen LogP contribution in [0.5, 0.6) is 5.75 Å². The lowest BCUT2D eigenvalue weighted by Gasteiger charge is -2.50. The second-order valence-electron chi connectivity index (χ2n) is 12.8. The molecule has 8 nitrogen and oxygen atoms in total. The van der Waals surface area contributed by atoms with Crippen molar-refractivity contribution >= 4 is 46.6 Å². The predicted octanol–water partition coefficient (Wildman–Crippen LogP) is 6.37. The molecule has 4 aliphatic rings. The molecule has 4 aromatic rings. The van der Waals surface area contributed by atoms with Gasteiger partial charge in [0.1, 0.15) is 11.6 Å². The van der Waals surface area contributed by atoms with E-state index < -0.39 is 52.6 Å². The molecule has 0 aromatic heterocycles. The summed E-state index contributed by atoms with van der Waals surface area (Å²) in [4.78, 5) is 59.1. The number of anilines is 2. The Morgan fingerprint density at radius 2 is 1.48 bits per heavy atom. The van der Waals surface area contributed by atoms with E-state index in [9.17, 15) is 23.9 Å². The molecule has 2 N–H and O–H groups in total. The summed E-state index contributed by atoms with van der Waals surface area (Å²) in [5.74, 6) is -6.14. The topological polar surface area (TPSA) is 107 Å². The fourth-order valence-electron chi connectivity index (χ4n) is 8.56. The molecule has 2 aliphatic carbocycles. The molecule has 0 bridgehead atoms. The molecule has 2 heterocycles. The number of hydrogen-bond acceptors (Lipinski definition) is 6. The van der Waals surface area contributed by atoms with Crippen LogP contribution in [0, 0.1) is 29.5 Å². The van der Waals surface area contributed by atoms with Gasteiger partial charge >= 0.3 is 0 Å². The molecular weight excluding hydrogens is 633 g/mol. The van der Waals surface area contributed by atoms with Gasteiger partial charge in [-0.3, -0.25) is 29.5 Å². The van der Waals surface area contributed by atoms with Gasteiger partial charge in [0, 0.05) is 16.5 Å². The third-order valence-electron chi connectivity index (χ3n) is 10.5. The lowest BCUT2D eigenvalue weighted by molar-refractivity contribution is -0.138. The lowest BCUT2D eigenvalue weighted by atomic mass is 9.49. The fourth-order valence-corrected chi connectivity index (χ4v) is 8.69. The Morgan fingerprint density at radius 1 is 0.792 bits per heavy atom. The fraction of sp³-hybridized carbons (Fsp3) is 0.211. The van der Waals surface area contributed by atoms with Gasteiger partial charge in [-0.2, -0.15) is 5.01 Å². The highest BCUT2D eigenvalue weighted by Gasteiger charge is 2.70. The zero-order chi connectivity index (χ0) is 33.3. The van der Waals surface area contributed by atoms with Crippen molar-refractivity contribution in [3.8, 4) is 5.75 Å². The van der Waals surface area contributed by atoms with Crippen LogP contribution < -0.4 is 10.3 Å². The molecule has 240 valence electrons. The number of phenolic OH excluding ortho intramolecular Hbond substituents is 1. The monoisotopic (exact) mass is 661 g/mol. The van der Waals surface area contributed by atoms with Gasteiger partial charge in [-0.25, -0.2) is 4.39 Å². The zero-order valence-corrected chi connectivity index (χ0v) is 26.2. The molecule has 4 amide bonds. The third-order valence-corrected chi connectivity index (χ3v) is 10.8. The zero-order valence-electron chi connectivity index (χ0n) is 25.4. The van der Waals surface area contributed by atoms with E-state index in [1.807, 2.05) is 12.1 Å². The van der Waals surface area contributed by atoms with Crippen molar-refractivity contribution in [1.29, 1.82) is 0 Å². The van der Waals surface area contributed by atoms with Crippen LogP contribution >= 0.6 is 11.6 Å². The molecule has 2 saturated heterocycles. The minimum atomic E-state index is -1.56. The molecule has 2 aliphatic heterocycles. The molecule has 3 fully saturated rings. The van der Waals surface area contributed by atoms with Crippen LogP contribution in [0.4, 0.5) is 15.8 Å².